The number of pyridine rings is 1. The van der Waals surface area contributed by atoms with Gasteiger partial charge in [-0.2, -0.15) is 0 Å². The molecule has 2 atom stereocenters. The molecule has 0 aliphatic heterocycles. The van der Waals surface area contributed by atoms with Crippen LogP contribution >= 0.6 is 0 Å². The van der Waals surface area contributed by atoms with Crippen molar-refractivity contribution < 1.29 is 9.90 Å². The smallest absolute Gasteiger partial charge is 0.271 e. The van der Waals surface area contributed by atoms with Gasteiger partial charge < -0.3 is 14.8 Å². The molecule has 1 saturated carbocycles. The molecule has 2 aromatic heterocycles. The Balaban J connectivity index is 1.68. The summed E-state index contributed by atoms with van der Waals surface area (Å²) in [5.41, 5.74) is 2.24. The van der Waals surface area contributed by atoms with Gasteiger partial charge in [0.1, 0.15) is 11.3 Å². The van der Waals surface area contributed by atoms with Crippen LogP contribution in [0.4, 0.5) is 0 Å². The van der Waals surface area contributed by atoms with E-state index in [-0.39, 0.29) is 17.9 Å². The van der Waals surface area contributed by atoms with Gasteiger partial charge in [0.05, 0.1) is 6.10 Å². The first-order chi connectivity index (χ1) is 10.1. The second-order valence-electron chi connectivity index (χ2n) is 5.84. The van der Waals surface area contributed by atoms with E-state index in [0.29, 0.717) is 12.2 Å². The van der Waals surface area contributed by atoms with Crippen molar-refractivity contribution in [2.24, 2.45) is 5.92 Å². The minimum Gasteiger partial charge on any atom is -0.393 e. The van der Waals surface area contributed by atoms with Gasteiger partial charge in [0.2, 0.25) is 0 Å². The molecule has 2 aromatic rings. The maximum absolute atomic E-state index is 12.2. The number of carbonyl (C=O) groups is 1. The molecule has 2 N–H and O–H groups in total. The molecule has 0 saturated heterocycles. The number of fused-ring (bicyclic) bond motifs is 1. The molecule has 2 unspecified atom stereocenters. The van der Waals surface area contributed by atoms with Gasteiger partial charge >= 0.3 is 0 Å². The van der Waals surface area contributed by atoms with Gasteiger partial charge in [-0.1, -0.05) is 18.9 Å². The monoisotopic (exact) mass is 287 g/mol. The van der Waals surface area contributed by atoms with Crippen molar-refractivity contribution in [1.29, 1.82) is 0 Å². The number of hydrogen-bond acceptors (Lipinski definition) is 3. The van der Waals surface area contributed by atoms with E-state index < -0.39 is 0 Å². The molecule has 3 rings (SSSR count). The number of aryl methyl sites for hydroxylation is 1. The lowest BCUT2D eigenvalue weighted by Gasteiger charge is -2.27. The van der Waals surface area contributed by atoms with Crippen molar-refractivity contribution in [3.8, 4) is 0 Å². The van der Waals surface area contributed by atoms with Crippen LogP contribution in [0, 0.1) is 12.8 Å². The minimum absolute atomic E-state index is 0.168. The van der Waals surface area contributed by atoms with Crippen LogP contribution < -0.4 is 5.32 Å². The average molecular weight is 287 g/mol. The van der Waals surface area contributed by atoms with Crippen LogP contribution in [0.3, 0.4) is 0 Å². The number of nitrogens with one attached hydrogen (secondary N) is 1. The van der Waals surface area contributed by atoms with Crippen molar-refractivity contribution in [2.75, 3.05) is 6.54 Å². The second kappa shape index (κ2) is 5.85. The lowest BCUT2D eigenvalue weighted by molar-refractivity contribution is 0.0662. The van der Waals surface area contributed by atoms with E-state index in [1.165, 1.54) is 0 Å². The Hall–Kier alpha value is -1.88. The molecule has 112 valence electrons. The van der Waals surface area contributed by atoms with Gasteiger partial charge in [-0.25, -0.2) is 4.98 Å². The van der Waals surface area contributed by atoms with Crippen LogP contribution in [-0.4, -0.2) is 33.0 Å². The van der Waals surface area contributed by atoms with Crippen LogP contribution in [0.5, 0.6) is 0 Å². The van der Waals surface area contributed by atoms with Crippen molar-refractivity contribution in [3.05, 3.63) is 35.8 Å². The number of amides is 1. The van der Waals surface area contributed by atoms with Gasteiger partial charge in [-0.3, -0.25) is 4.79 Å². The van der Waals surface area contributed by atoms with Crippen LogP contribution in [0.1, 0.15) is 41.9 Å². The first kappa shape index (κ1) is 14.1. The third-order valence-corrected chi connectivity index (χ3v) is 4.32. The summed E-state index contributed by atoms with van der Waals surface area (Å²) in [5.74, 6) is -0.00246. The molecule has 1 aliphatic carbocycles. The molecule has 21 heavy (non-hydrogen) atoms. The highest BCUT2D eigenvalue weighted by Gasteiger charge is 2.23. The summed E-state index contributed by atoms with van der Waals surface area (Å²) in [7, 11) is 0. The maximum atomic E-state index is 12.2. The Morgan fingerprint density at radius 1 is 1.43 bits per heavy atom. The van der Waals surface area contributed by atoms with E-state index in [4.69, 9.17) is 0 Å². The van der Waals surface area contributed by atoms with Crippen LogP contribution in [0.15, 0.2) is 24.4 Å². The summed E-state index contributed by atoms with van der Waals surface area (Å²) in [6, 6.07) is 5.79. The van der Waals surface area contributed by atoms with Gasteiger partial charge in [0.25, 0.3) is 5.91 Å². The van der Waals surface area contributed by atoms with E-state index >= 15 is 0 Å². The van der Waals surface area contributed by atoms with Crippen molar-refractivity contribution >= 4 is 11.6 Å². The van der Waals surface area contributed by atoms with Gasteiger partial charge in [-0.15, -0.1) is 0 Å². The Labute approximate surface area is 124 Å². The van der Waals surface area contributed by atoms with Crippen molar-refractivity contribution in [3.63, 3.8) is 0 Å². The van der Waals surface area contributed by atoms with E-state index in [1.807, 2.05) is 29.5 Å². The third kappa shape index (κ3) is 2.93. The molecule has 2 heterocycles. The summed E-state index contributed by atoms with van der Waals surface area (Å²) < 4.78 is 1.91. The average Bonchev–Trinajstić information content (AvgIpc) is 2.92. The third-order valence-electron chi connectivity index (χ3n) is 4.32. The number of imidazole rings is 1. The number of carbonyl (C=O) groups excluding carboxylic acids is 1. The van der Waals surface area contributed by atoms with Crippen LogP contribution in [0.2, 0.25) is 0 Å². The van der Waals surface area contributed by atoms with Crippen LogP contribution in [0.25, 0.3) is 5.65 Å². The first-order valence-corrected chi connectivity index (χ1v) is 7.56. The van der Waals surface area contributed by atoms with E-state index in [9.17, 15) is 9.90 Å². The summed E-state index contributed by atoms with van der Waals surface area (Å²) in [5, 5.41) is 12.8. The van der Waals surface area contributed by atoms with Gasteiger partial charge in [0, 0.05) is 24.4 Å². The Morgan fingerprint density at radius 2 is 2.24 bits per heavy atom. The molecular weight excluding hydrogens is 266 g/mol. The quantitative estimate of drug-likeness (QED) is 0.906. The molecule has 0 bridgehead atoms. The predicted octanol–water partition coefficient (Wildman–Crippen LogP) is 1.92. The number of nitrogens with zero attached hydrogens (tertiary/aromatic N) is 2. The standard InChI is InChI=1S/C16H21N3O2/c1-11-5-4-8-15-18-13(10-19(11)15)16(21)17-9-12-6-2-3-7-14(12)20/h4-5,8,10,12,14,20H,2-3,6-7,9H2,1H3,(H,17,21). The summed E-state index contributed by atoms with van der Waals surface area (Å²) in [6.07, 6.45) is 5.50. The highest BCUT2D eigenvalue weighted by molar-refractivity contribution is 5.92. The SMILES string of the molecule is Cc1cccc2nc(C(=O)NCC3CCCCC3O)cn12. The Kier molecular flexibility index (Phi) is 3.92. The molecule has 5 heteroatoms. The van der Waals surface area contributed by atoms with Crippen molar-refractivity contribution in [1.82, 2.24) is 14.7 Å². The molecule has 1 fully saturated rings. The van der Waals surface area contributed by atoms with Gasteiger partial charge in [-0.05, 0) is 31.9 Å². The molecule has 0 radical (unpaired) electrons. The molecule has 0 aromatic carbocycles. The maximum Gasteiger partial charge on any atom is 0.271 e. The first-order valence-electron chi connectivity index (χ1n) is 7.56. The normalized spacial score (nSPS) is 22.4. The minimum atomic E-state index is -0.289. The largest absolute Gasteiger partial charge is 0.393 e. The number of aliphatic hydroxyl groups is 1. The van der Waals surface area contributed by atoms with E-state index in [2.05, 4.69) is 10.3 Å². The van der Waals surface area contributed by atoms with Crippen LogP contribution in [-0.2, 0) is 0 Å². The van der Waals surface area contributed by atoms with E-state index in [0.717, 1.165) is 37.0 Å². The molecular formula is C16H21N3O2. The zero-order valence-corrected chi connectivity index (χ0v) is 12.2. The zero-order valence-electron chi connectivity index (χ0n) is 12.2. The topological polar surface area (TPSA) is 66.6 Å². The fraction of sp³-hybridized carbons (Fsp3) is 0.500. The number of hydrogen-bond donors (Lipinski definition) is 2. The molecule has 1 amide bonds. The fourth-order valence-corrected chi connectivity index (χ4v) is 3.00. The zero-order chi connectivity index (χ0) is 14.8. The van der Waals surface area contributed by atoms with Crippen molar-refractivity contribution in [2.45, 2.75) is 38.7 Å². The van der Waals surface area contributed by atoms with Gasteiger partial charge in [0.15, 0.2) is 0 Å². The lowest BCUT2D eigenvalue weighted by atomic mass is 9.86. The summed E-state index contributed by atoms with van der Waals surface area (Å²) >= 11 is 0. The highest BCUT2D eigenvalue weighted by Crippen LogP contribution is 2.23. The van der Waals surface area contributed by atoms with E-state index in [1.54, 1.807) is 6.20 Å². The second-order valence-corrected chi connectivity index (χ2v) is 5.84. The summed E-state index contributed by atoms with van der Waals surface area (Å²) in [6.45, 7) is 2.50. The molecule has 0 spiro atoms. The lowest BCUT2D eigenvalue weighted by Crippen LogP contribution is -2.36. The number of rotatable bonds is 3. The Morgan fingerprint density at radius 3 is 3.00 bits per heavy atom. The Bertz CT molecular complexity index is 650. The summed E-state index contributed by atoms with van der Waals surface area (Å²) in [4.78, 5) is 16.6. The fourth-order valence-electron chi connectivity index (χ4n) is 3.00. The molecule has 1 aliphatic rings. The molecule has 5 nitrogen and oxygen atoms in total. The number of aliphatic hydroxyl groups excluding tert-OH is 1. The predicted molar refractivity (Wildman–Crippen MR) is 80.2 cm³/mol. The number of aromatic nitrogens is 2. The highest BCUT2D eigenvalue weighted by atomic mass is 16.3.